The van der Waals surface area contributed by atoms with Crippen LogP contribution in [0.5, 0.6) is 0 Å². The fourth-order valence-electron chi connectivity index (χ4n) is 2.47. The maximum Gasteiger partial charge on any atom is 0.255 e. The number of aromatic nitrogens is 1. The van der Waals surface area contributed by atoms with Crippen LogP contribution in [-0.4, -0.2) is 16.8 Å². The van der Waals surface area contributed by atoms with Crippen LogP contribution < -0.4 is 10.6 Å². The van der Waals surface area contributed by atoms with Gasteiger partial charge in [-0.3, -0.25) is 14.6 Å². The molecule has 0 unspecified atom stereocenters. The molecule has 1 heterocycles. The Morgan fingerprint density at radius 3 is 2.39 bits per heavy atom. The maximum absolute atomic E-state index is 13.1. The first kappa shape index (κ1) is 19.5. The van der Waals surface area contributed by atoms with Gasteiger partial charge >= 0.3 is 0 Å². The molecule has 2 aromatic carbocycles. The van der Waals surface area contributed by atoms with Crippen molar-refractivity contribution in [3.63, 3.8) is 0 Å². The molecule has 3 aromatic rings. The smallest absolute Gasteiger partial charge is 0.255 e. The fraction of sp³-hybridized carbons (Fsp3) is 0.0952. The molecule has 0 atom stereocenters. The van der Waals surface area contributed by atoms with Crippen LogP contribution in [0, 0.1) is 5.82 Å². The van der Waals surface area contributed by atoms with Crippen molar-refractivity contribution in [2.45, 2.75) is 13.3 Å². The van der Waals surface area contributed by atoms with Crippen LogP contribution in [0.4, 0.5) is 15.8 Å². The van der Waals surface area contributed by atoms with Crippen molar-refractivity contribution in [3.8, 4) is 11.3 Å². The minimum atomic E-state index is -0.472. The zero-order valence-electron chi connectivity index (χ0n) is 15.0. The van der Waals surface area contributed by atoms with Gasteiger partial charge in [-0.05, 0) is 42.5 Å². The minimum Gasteiger partial charge on any atom is -0.325 e. The zero-order chi connectivity index (χ0) is 20.1. The molecule has 28 heavy (non-hydrogen) atoms. The third-order valence-corrected chi connectivity index (χ3v) is 4.30. The van der Waals surface area contributed by atoms with Gasteiger partial charge < -0.3 is 10.6 Å². The lowest BCUT2D eigenvalue weighted by Gasteiger charge is -2.08. The number of halogens is 2. The quantitative estimate of drug-likeness (QED) is 0.626. The Hall–Kier alpha value is -3.25. The van der Waals surface area contributed by atoms with E-state index in [0.717, 1.165) is 11.6 Å². The molecule has 0 aliphatic carbocycles. The lowest BCUT2D eigenvalue weighted by molar-refractivity contribution is -0.115. The second-order valence-electron chi connectivity index (χ2n) is 5.99. The van der Waals surface area contributed by atoms with Gasteiger partial charge in [0.1, 0.15) is 5.82 Å². The van der Waals surface area contributed by atoms with Crippen molar-refractivity contribution >= 4 is 34.8 Å². The Bertz CT molecular complexity index is 1010. The number of hydrogen-bond acceptors (Lipinski definition) is 3. The average Bonchev–Trinajstić information content (AvgIpc) is 2.70. The van der Waals surface area contributed by atoms with Crippen LogP contribution in [-0.2, 0) is 4.79 Å². The highest BCUT2D eigenvalue weighted by Crippen LogP contribution is 2.24. The molecular weight excluding hydrogens is 381 g/mol. The van der Waals surface area contributed by atoms with Crippen LogP contribution in [0.3, 0.4) is 0 Å². The SMILES string of the molecule is CCC(=O)Nc1ccc(-c2ccc(C(=O)Nc3ccc(F)cc3Cl)cc2)nc1. The molecule has 0 aliphatic heterocycles. The molecule has 142 valence electrons. The van der Waals surface area contributed by atoms with E-state index in [1.165, 1.54) is 12.1 Å². The number of carbonyl (C=O) groups is 2. The summed E-state index contributed by atoms with van der Waals surface area (Å²) in [6, 6.07) is 14.2. The van der Waals surface area contributed by atoms with Crippen LogP contribution >= 0.6 is 11.6 Å². The van der Waals surface area contributed by atoms with E-state index in [0.29, 0.717) is 29.1 Å². The molecule has 2 N–H and O–H groups in total. The maximum atomic E-state index is 13.1. The predicted molar refractivity (Wildman–Crippen MR) is 108 cm³/mol. The predicted octanol–water partition coefficient (Wildman–Crippen LogP) is 5.14. The number of nitrogens with zero attached hydrogens (tertiary/aromatic N) is 1. The van der Waals surface area contributed by atoms with Crippen molar-refractivity contribution in [2.24, 2.45) is 0 Å². The summed E-state index contributed by atoms with van der Waals surface area (Å²) in [5.41, 5.74) is 2.93. The van der Waals surface area contributed by atoms with E-state index in [1.54, 1.807) is 49.5 Å². The molecule has 0 bridgehead atoms. The van der Waals surface area contributed by atoms with Crippen LogP contribution in [0.2, 0.25) is 5.02 Å². The summed E-state index contributed by atoms with van der Waals surface area (Å²) in [4.78, 5) is 28.1. The molecule has 0 aliphatic rings. The van der Waals surface area contributed by atoms with Crippen molar-refractivity contribution in [1.29, 1.82) is 0 Å². The molecule has 2 amide bonds. The van der Waals surface area contributed by atoms with Gasteiger partial charge in [-0.25, -0.2) is 4.39 Å². The summed E-state index contributed by atoms with van der Waals surface area (Å²) in [6.45, 7) is 1.78. The van der Waals surface area contributed by atoms with Crippen molar-refractivity contribution in [1.82, 2.24) is 4.98 Å². The average molecular weight is 398 g/mol. The zero-order valence-corrected chi connectivity index (χ0v) is 15.8. The van der Waals surface area contributed by atoms with Crippen molar-refractivity contribution < 1.29 is 14.0 Å². The first-order valence-corrected chi connectivity index (χ1v) is 8.97. The van der Waals surface area contributed by atoms with Gasteiger partial charge in [0.05, 0.1) is 28.3 Å². The Kier molecular flexibility index (Phi) is 6.01. The number of nitrogens with one attached hydrogen (secondary N) is 2. The van der Waals surface area contributed by atoms with E-state index in [9.17, 15) is 14.0 Å². The highest BCUT2D eigenvalue weighted by molar-refractivity contribution is 6.33. The second-order valence-corrected chi connectivity index (χ2v) is 6.40. The summed E-state index contributed by atoms with van der Waals surface area (Å²) >= 11 is 5.93. The third-order valence-electron chi connectivity index (χ3n) is 3.99. The minimum absolute atomic E-state index is 0.0776. The molecule has 3 rings (SSSR count). The van der Waals surface area contributed by atoms with Gasteiger partial charge in [-0.2, -0.15) is 0 Å². The van der Waals surface area contributed by atoms with E-state index < -0.39 is 5.82 Å². The molecular formula is C21H17ClFN3O2. The highest BCUT2D eigenvalue weighted by atomic mass is 35.5. The Morgan fingerprint density at radius 2 is 1.79 bits per heavy atom. The molecule has 7 heteroatoms. The lowest BCUT2D eigenvalue weighted by atomic mass is 10.1. The first-order chi connectivity index (χ1) is 13.5. The third kappa shape index (κ3) is 4.72. The number of amides is 2. The van der Waals surface area contributed by atoms with Crippen LogP contribution in [0.25, 0.3) is 11.3 Å². The molecule has 1 aromatic heterocycles. The first-order valence-electron chi connectivity index (χ1n) is 8.59. The number of benzene rings is 2. The summed E-state index contributed by atoms with van der Waals surface area (Å²) < 4.78 is 13.1. The summed E-state index contributed by atoms with van der Waals surface area (Å²) in [5, 5.41) is 5.52. The fourth-order valence-corrected chi connectivity index (χ4v) is 2.68. The van der Waals surface area contributed by atoms with E-state index in [4.69, 9.17) is 11.6 Å². The lowest BCUT2D eigenvalue weighted by Crippen LogP contribution is -2.12. The molecule has 0 fully saturated rings. The number of hydrogen-bond donors (Lipinski definition) is 2. The van der Waals surface area contributed by atoms with Crippen molar-refractivity contribution in [3.05, 3.63) is 77.2 Å². The van der Waals surface area contributed by atoms with E-state index >= 15 is 0 Å². The van der Waals surface area contributed by atoms with E-state index in [1.807, 2.05) is 0 Å². The van der Waals surface area contributed by atoms with Gasteiger partial charge in [0.25, 0.3) is 5.91 Å². The van der Waals surface area contributed by atoms with Gasteiger partial charge in [0, 0.05) is 17.5 Å². The Morgan fingerprint density at radius 1 is 1.04 bits per heavy atom. The summed E-state index contributed by atoms with van der Waals surface area (Å²) in [5.74, 6) is -0.906. The normalized spacial score (nSPS) is 10.4. The molecule has 5 nitrogen and oxygen atoms in total. The molecule has 0 saturated heterocycles. The van der Waals surface area contributed by atoms with E-state index in [-0.39, 0.29) is 16.8 Å². The Balaban J connectivity index is 1.70. The summed E-state index contributed by atoms with van der Waals surface area (Å²) in [7, 11) is 0. The van der Waals surface area contributed by atoms with Gasteiger partial charge in [0.2, 0.25) is 5.91 Å². The number of pyridine rings is 1. The van der Waals surface area contributed by atoms with Gasteiger partial charge in [-0.15, -0.1) is 0 Å². The van der Waals surface area contributed by atoms with E-state index in [2.05, 4.69) is 15.6 Å². The standard InChI is InChI=1S/C21H17ClFN3O2/c1-2-20(27)25-16-8-10-18(24-12-16)13-3-5-14(6-4-13)21(28)26-19-9-7-15(23)11-17(19)22/h3-12H,2H2,1H3,(H,25,27)(H,26,28). The molecule has 0 radical (unpaired) electrons. The van der Waals surface area contributed by atoms with Crippen LogP contribution in [0.15, 0.2) is 60.8 Å². The second kappa shape index (κ2) is 8.63. The Labute approximate surface area is 166 Å². The summed E-state index contributed by atoms with van der Waals surface area (Å²) in [6.07, 6.45) is 1.98. The van der Waals surface area contributed by atoms with Gasteiger partial charge in [0.15, 0.2) is 0 Å². The topological polar surface area (TPSA) is 71.1 Å². The number of rotatable bonds is 5. The van der Waals surface area contributed by atoms with Crippen molar-refractivity contribution in [2.75, 3.05) is 10.6 Å². The molecule has 0 spiro atoms. The molecule has 0 saturated carbocycles. The largest absolute Gasteiger partial charge is 0.325 e. The number of anilines is 2. The monoisotopic (exact) mass is 397 g/mol. The highest BCUT2D eigenvalue weighted by Gasteiger charge is 2.10. The number of carbonyl (C=O) groups excluding carboxylic acids is 2. The van der Waals surface area contributed by atoms with Crippen LogP contribution in [0.1, 0.15) is 23.7 Å². The van der Waals surface area contributed by atoms with Gasteiger partial charge in [-0.1, -0.05) is 30.7 Å².